The molecule has 0 radical (unpaired) electrons. The molecule has 41 heavy (non-hydrogen) atoms. The van der Waals surface area contributed by atoms with Crippen LogP contribution in [0.25, 0.3) is 0 Å². The van der Waals surface area contributed by atoms with Crippen LogP contribution in [0.3, 0.4) is 0 Å². The van der Waals surface area contributed by atoms with Gasteiger partial charge in [0, 0.05) is 58.1 Å². The minimum Gasteiger partial charge on any atom is -0.491 e. The van der Waals surface area contributed by atoms with Crippen molar-refractivity contribution in [3.8, 4) is 5.75 Å². The summed E-state index contributed by atoms with van der Waals surface area (Å²) in [4.78, 5) is 22.8. The molecule has 1 N–H and O–H groups in total. The maximum atomic E-state index is 13.1. The predicted molar refractivity (Wildman–Crippen MR) is 149 cm³/mol. The zero-order valence-electron chi connectivity index (χ0n) is 24.3. The summed E-state index contributed by atoms with van der Waals surface area (Å²) in [6, 6.07) is 6.57. The maximum absolute atomic E-state index is 13.1. The Morgan fingerprint density at radius 1 is 1.17 bits per heavy atom. The molecular weight excluding hydrogens is 537 g/mol. The van der Waals surface area contributed by atoms with Crippen LogP contribution in [0.1, 0.15) is 58.0 Å². The molecule has 2 fully saturated rings. The van der Waals surface area contributed by atoms with Crippen LogP contribution in [0.4, 0.5) is 13.2 Å². The number of pyridine rings is 1. The largest absolute Gasteiger partial charge is 0.491 e. The number of carbonyl (C=O) groups excluding carboxylic acids is 1. The number of likely N-dealkylation sites (N-methyl/N-ethyl adjacent to an activating group) is 1. The molecule has 1 amide bonds. The van der Waals surface area contributed by atoms with E-state index in [0.29, 0.717) is 32.8 Å². The van der Waals surface area contributed by atoms with E-state index in [1.54, 1.807) is 12.0 Å². The second-order valence-electron chi connectivity index (χ2n) is 11.1. The van der Waals surface area contributed by atoms with Crippen LogP contribution < -0.4 is 4.74 Å². The van der Waals surface area contributed by atoms with Gasteiger partial charge in [-0.2, -0.15) is 13.2 Å². The van der Waals surface area contributed by atoms with Gasteiger partial charge in [-0.05, 0) is 75.0 Å². The van der Waals surface area contributed by atoms with Crippen molar-refractivity contribution in [2.45, 2.75) is 57.5 Å². The van der Waals surface area contributed by atoms with Crippen molar-refractivity contribution >= 4 is 5.91 Å². The molecule has 4 rings (SSSR count). The monoisotopic (exact) mass is 578 g/mol. The number of benzene rings is 1. The van der Waals surface area contributed by atoms with E-state index in [-0.39, 0.29) is 30.2 Å². The molecule has 3 heterocycles. The predicted octanol–water partition coefficient (Wildman–Crippen LogP) is 4.09. The molecule has 2 aliphatic rings. The van der Waals surface area contributed by atoms with Gasteiger partial charge in [-0.1, -0.05) is 6.07 Å². The standard InChI is InChI=1S/C30H41F3N4O4/c1-20-21(2)27(41-19-24(38)18-35(3)14-15-40-4)10-9-25(20)26-7-5-6-23-17-36(12-13-37(23)26)29(39)22-8-11-28(34-16-22)30(31,32)33/h8-11,16,23-24,26,38H,5-7,12-15,17-19H2,1-4H3/t23-,24+,26+/m0/s1. The molecule has 0 bridgehead atoms. The second kappa shape index (κ2) is 13.5. The lowest BCUT2D eigenvalue weighted by atomic mass is 9.86. The smallest absolute Gasteiger partial charge is 0.433 e. The van der Waals surface area contributed by atoms with Crippen LogP contribution in [0.15, 0.2) is 30.5 Å². The van der Waals surface area contributed by atoms with Gasteiger partial charge in [0.05, 0.1) is 12.2 Å². The molecular formula is C30H41F3N4O4. The first-order valence-electron chi connectivity index (χ1n) is 14.2. The number of piperazine rings is 1. The molecule has 226 valence electrons. The summed E-state index contributed by atoms with van der Waals surface area (Å²) in [6.07, 6.45) is -1.13. The molecule has 8 nitrogen and oxygen atoms in total. The van der Waals surface area contributed by atoms with Gasteiger partial charge in [-0.15, -0.1) is 0 Å². The highest BCUT2D eigenvalue weighted by atomic mass is 19.4. The van der Waals surface area contributed by atoms with Gasteiger partial charge in [-0.3, -0.25) is 14.7 Å². The number of piperidine rings is 1. The maximum Gasteiger partial charge on any atom is 0.433 e. The number of fused-ring (bicyclic) bond motifs is 1. The Balaban J connectivity index is 1.38. The highest BCUT2D eigenvalue weighted by molar-refractivity contribution is 5.94. The molecule has 11 heteroatoms. The van der Waals surface area contributed by atoms with E-state index in [2.05, 4.69) is 22.9 Å². The van der Waals surface area contributed by atoms with E-state index in [1.807, 2.05) is 24.9 Å². The summed E-state index contributed by atoms with van der Waals surface area (Å²) in [6.45, 7) is 7.91. The van der Waals surface area contributed by atoms with E-state index in [0.717, 1.165) is 54.9 Å². The summed E-state index contributed by atoms with van der Waals surface area (Å²) in [5.41, 5.74) is 2.62. The van der Waals surface area contributed by atoms with Crippen LogP contribution in [0.5, 0.6) is 5.75 Å². The topological polar surface area (TPSA) is 78.4 Å². The van der Waals surface area contributed by atoms with E-state index in [1.165, 1.54) is 11.6 Å². The number of ether oxygens (including phenoxy) is 2. The van der Waals surface area contributed by atoms with Crippen molar-refractivity contribution in [1.29, 1.82) is 0 Å². The van der Waals surface area contributed by atoms with E-state index >= 15 is 0 Å². The van der Waals surface area contributed by atoms with Crippen LogP contribution in [-0.4, -0.2) is 103 Å². The molecule has 1 aromatic heterocycles. The van der Waals surface area contributed by atoms with Crippen molar-refractivity contribution in [2.24, 2.45) is 0 Å². The Labute approximate surface area is 240 Å². The van der Waals surface area contributed by atoms with E-state index in [9.17, 15) is 23.1 Å². The summed E-state index contributed by atoms with van der Waals surface area (Å²) >= 11 is 0. The minimum absolute atomic E-state index is 0.174. The van der Waals surface area contributed by atoms with Gasteiger partial charge < -0.3 is 24.4 Å². The number of carbonyl (C=O) groups is 1. The van der Waals surface area contributed by atoms with Gasteiger partial charge in [-0.25, -0.2) is 0 Å². The normalized spacial score (nSPS) is 20.7. The zero-order chi connectivity index (χ0) is 29.7. The number of aliphatic hydroxyl groups excluding tert-OH is 1. The summed E-state index contributed by atoms with van der Waals surface area (Å²) in [5, 5.41) is 10.4. The SMILES string of the molecule is COCCN(C)C[C@@H](O)COc1ccc([C@H]2CCC[C@H]3CN(C(=O)c4ccc(C(F)(F)F)nc4)CCN32)c(C)c1C. The fraction of sp³-hybridized carbons (Fsp3) is 0.600. The third-order valence-electron chi connectivity index (χ3n) is 8.30. The first-order valence-corrected chi connectivity index (χ1v) is 14.2. The van der Waals surface area contributed by atoms with Crippen LogP contribution in [0.2, 0.25) is 0 Å². The molecule has 2 aromatic rings. The lowest BCUT2D eigenvalue weighted by Gasteiger charge is -2.48. The van der Waals surface area contributed by atoms with Crippen molar-refractivity contribution in [2.75, 3.05) is 60.1 Å². The summed E-state index contributed by atoms with van der Waals surface area (Å²) < 4.78 is 49.7. The van der Waals surface area contributed by atoms with Crippen LogP contribution in [0, 0.1) is 13.8 Å². The number of aromatic nitrogens is 1. The van der Waals surface area contributed by atoms with Crippen molar-refractivity contribution < 1.29 is 32.5 Å². The molecule has 0 unspecified atom stereocenters. The molecule has 2 saturated heterocycles. The zero-order valence-corrected chi connectivity index (χ0v) is 24.3. The molecule has 0 aliphatic carbocycles. The Kier molecular flexibility index (Phi) is 10.3. The third-order valence-corrected chi connectivity index (χ3v) is 8.30. The lowest BCUT2D eigenvalue weighted by molar-refractivity contribution is -0.141. The van der Waals surface area contributed by atoms with E-state index in [4.69, 9.17) is 9.47 Å². The average molecular weight is 579 g/mol. The van der Waals surface area contributed by atoms with E-state index < -0.39 is 18.0 Å². The van der Waals surface area contributed by atoms with Crippen LogP contribution in [-0.2, 0) is 10.9 Å². The lowest BCUT2D eigenvalue weighted by Crippen LogP contribution is -2.57. The molecule has 2 aliphatic heterocycles. The quantitative estimate of drug-likeness (QED) is 0.455. The average Bonchev–Trinajstić information content (AvgIpc) is 2.95. The number of aliphatic hydroxyl groups is 1. The van der Waals surface area contributed by atoms with Gasteiger partial charge in [0.2, 0.25) is 0 Å². The number of rotatable bonds is 10. The fourth-order valence-corrected chi connectivity index (χ4v) is 5.91. The molecule has 1 aromatic carbocycles. The number of nitrogens with zero attached hydrogens (tertiary/aromatic N) is 4. The number of halogens is 3. The Bertz CT molecular complexity index is 1180. The summed E-state index contributed by atoms with van der Waals surface area (Å²) in [5.74, 6) is 0.478. The number of hydrogen-bond donors (Lipinski definition) is 1. The van der Waals surface area contributed by atoms with Crippen molar-refractivity contribution in [3.63, 3.8) is 0 Å². The highest BCUT2D eigenvalue weighted by Gasteiger charge is 2.38. The first kappa shape index (κ1) is 31.2. The van der Waals surface area contributed by atoms with Gasteiger partial charge in [0.1, 0.15) is 24.2 Å². The molecule has 0 saturated carbocycles. The van der Waals surface area contributed by atoms with Crippen molar-refractivity contribution in [3.05, 3.63) is 58.4 Å². The Hall–Kier alpha value is -2.73. The Morgan fingerprint density at radius 2 is 1.95 bits per heavy atom. The first-order chi connectivity index (χ1) is 19.5. The number of amides is 1. The fourth-order valence-electron chi connectivity index (χ4n) is 5.91. The van der Waals surface area contributed by atoms with Gasteiger partial charge >= 0.3 is 6.18 Å². The molecule has 3 atom stereocenters. The number of hydrogen-bond acceptors (Lipinski definition) is 7. The summed E-state index contributed by atoms with van der Waals surface area (Å²) in [7, 11) is 3.59. The molecule has 0 spiro atoms. The van der Waals surface area contributed by atoms with Gasteiger partial charge in [0.15, 0.2) is 0 Å². The second-order valence-corrected chi connectivity index (χ2v) is 11.1. The number of alkyl halides is 3. The minimum atomic E-state index is -4.53. The van der Waals surface area contributed by atoms with Crippen molar-refractivity contribution in [1.82, 2.24) is 19.7 Å². The highest BCUT2D eigenvalue weighted by Crippen LogP contribution is 2.39. The third kappa shape index (κ3) is 7.57. The van der Waals surface area contributed by atoms with Crippen LogP contribution >= 0.6 is 0 Å². The number of methoxy groups -OCH3 is 1. The Morgan fingerprint density at radius 3 is 2.63 bits per heavy atom. The van der Waals surface area contributed by atoms with Gasteiger partial charge in [0.25, 0.3) is 5.91 Å².